The maximum Gasteiger partial charge on any atom is 0.226 e. The number of aryl methyl sites for hydroxylation is 3. The van der Waals surface area contributed by atoms with Crippen LogP contribution in [-0.2, 0) is 4.79 Å². The van der Waals surface area contributed by atoms with Gasteiger partial charge in [0.1, 0.15) is 0 Å². The molecule has 0 spiro atoms. The summed E-state index contributed by atoms with van der Waals surface area (Å²) in [4.78, 5) is 17.7. The number of aromatic nitrogens is 2. The summed E-state index contributed by atoms with van der Waals surface area (Å²) in [6.45, 7) is 8.00. The van der Waals surface area contributed by atoms with Crippen molar-refractivity contribution in [2.75, 3.05) is 13.1 Å². The smallest absolute Gasteiger partial charge is 0.226 e. The molecule has 0 bridgehead atoms. The molecule has 3 heterocycles. The predicted molar refractivity (Wildman–Crippen MR) is 96.5 cm³/mol. The molecule has 24 heavy (non-hydrogen) atoms. The van der Waals surface area contributed by atoms with Crippen LogP contribution in [0.15, 0.2) is 18.2 Å². The third-order valence-electron chi connectivity index (χ3n) is 5.33. The van der Waals surface area contributed by atoms with E-state index in [1.54, 1.807) is 0 Å². The predicted octanol–water partition coefficient (Wildman–Crippen LogP) is 3.84. The first kappa shape index (κ1) is 15.9. The van der Waals surface area contributed by atoms with Gasteiger partial charge in [-0.05, 0) is 58.2 Å². The monoisotopic (exact) mass is 343 g/mol. The zero-order valence-corrected chi connectivity index (χ0v) is 15.5. The maximum absolute atomic E-state index is 12.9. The molecule has 0 unspecified atom stereocenters. The fourth-order valence-corrected chi connectivity index (χ4v) is 5.10. The third-order valence-corrected chi connectivity index (χ3v) is 6.47. The molecule has 2 aliphatic rings. The van der Waals surface area contributed by atoms with Crippen LogP contribution in [0.2, 0.25) is 0 Å². The molecular formula is C19H25N3OS. The van der Waals surface area contributed by atoms with Crippen LogP contribution in [0.1, 0.15) is 52.4 Å². The van der Waals surface area contributed by atoms with Crippen LogP contribution in [0.4, 0.5) is 0 Å². The highest BCUT2D eigenvalue weighted by atomic mass is 32.1. The fraction of sp³-hybridized carbons (Fsp3) is 0.579. The summed E-state index contributed by atoms with van der Waals surface area (Å²) in [6, 6.07) is 6.82. The fourth-order valence-electron chi connectivity index (χ4n) is 4.04. The summed E-state index contributed by atoms with van der Waals surface area (Å²) < 4.78 is 2.13. The van der Waals surface area contributed by atoms with Crippen molar-refractivity contribution in [3.63, 3.8) is 0 Å². The quantitative estimate of drug-likeness (QED) is 0.849. The highest BCUT2D eigenvalue weighted by Crippen LogP contribution is 2.50. The Hall–Kier alpha value is -1.62. The van der Waals surface area contributed by atoms with Crippen LogP contribution >= 0.6 is 11.3 Å². The van der Waals surface area contributed by atoms with Gasteiger partial charge in [0.2, 0.25) is 5.91 Å². The highest BCUT2D eigenvalue weighted by Gasteiger charge is 2.47. The second kappa shape index (κ2) is 6.03. The zero-order chi connectivity index (χ0) is 16.8. The Kier molecular flexibility index (Phi) is 3.99. The summed E-state index contributed by atoms with van der Waals surface area (Å²) in [7, 11) is 0. The van der Waals surface area contributed by atoms with E-state index in [0.29, 0.717) is 17.9 Å². The molecule has 1 amide bonds. The summed E-state index contributed by atoms with van der Waals surface area (Å²) in [5.41, 5.74) is 2.26. The van der Waals surface area contributed by atoms with Crippen molar-refractivity contribution < 1.29 is 4.79 Å². The van der Waals surface area contributed by atoms with Crippen LogP contribution in [0.5, 0.6) is 0 Å². The molecule has 1 saturated heterocycles. The van der Waals surface area contributed by atoms with E-state index in [4.69, 9.17) is 0 Å². The summed E-state index contributed by atoms with van der Waals surface area (Å²) in [5, 5.41) is 4.63. The third kappa shape index (κ3) is 2.90. The number of carbonyl (C=O) groups excluding carboxylic acids is 1. The van der Waals surface area contributed by atoms with Crippen molar-refractivity contribution in [3.8, 4) is 0 Å². The minimum atomic E-state index is 0.210. The molecule has 2 fully saturated rings. The lowest BCUT2D eigenvalue weighted by Gasteiger charge is -2.33. The first-order valence-corrected chi connectivity index (χ1v) is 9.72. The van der Waals surface area contributed by atoms with Gasteiger partial charge in [0, 0.05) is 40.4 Å². The molecule has 1 saturated carbocycles. The molecule has 0 N–H and O–H groups in total. The molecule has 1 aliphatic carbocycles. The van der Waals surface area contributed by atoms with Crippen LogP contribution < -0.4 is 0 Å². The van der Waals surface area contributed by atoms with Gasteiger partial charge in [-0.1, -0.05) is 0 Å². The number of rotatable bonds is 3. The number of carbonyl (C=O) groups is 1. The Morgan fingerprint density at radius 2 is 2.12 bits per heavy atom. The van der Waals surface area contributed by atoms with E-state index < -0.39 is 0 Å². The molecule has 4 rings (SSSR count). The van der Waals surface area contributed by atoms with E-state index in [0.717, 1.165) is 38.0 Å². The van der Waals surface area contributed by atoms with Gasteiger partial charge in [0.25, 0.3) is 0 Å². The molecule has 2 aromatic heterocycles. The van der Waals surface area contributed by atoms with Gasteiger partial charge < -0.3 is 4.90 Å². The first-order chi connectivity index (χ1) is 11.5. The minimum Gasteiger partial charge on any atom is -0.340 e. The number of piperidine rings is 1. The van der Waals surface area contributed by atoms with Gasteiger partial charge in [-0.2, -0.15) is 5.10 Å². The van der Waals surface area contributed by atoms with Crippen LogP contribution in [0, 0.1) is 26.7 Å². The van der Waals surface area contributed by atoms with Crippen molar-refractivity contribution in [2.45, 2.75) is 52.0 Å². The summed E-state index contributed by atoms with van der Waals surface area (Å²) >= 11 is 1.84. The maximum atomic E-state index is 12.9. The van der Waals surface area contributed by atoms with Crippen LogP contribution in [-0.4, -0.2) is 33.7 Å². The Bertz CT molecular complexity index is 763. The molecule has 3 atom stereocenters. The van der Waals surface area contributed by atoms with E-state index in [9.17, 15) is 4.79 Å². The summed E-state index contributed by atoms with van der Waals surface area (Å²) in [5.74, 6) is 1.03. The van der Waals surface area contributed by atoms with Gasteiger partial charge in [0.15, 0.2) is 0 Å². The largest absolute Gasteiger partial charge is 0.340 e. The molecule has 4 nitrogen and oxygen atoms in total. The highest BCUT2D eigenvalue weighted by molar-refractivity contribution is 7.12. The number of amides is 1. The first-order valence-electron chi connectivity index (χ1n) is 8.91. The van der Waals surface area contributed by atoms with Crippen LogP contribution in [0.25, 0.3) is 0 Å². The van der Waals surface area contributed by atoms with Crippen molar-refractivity contribution in [1.82, 2.24) is 14.7 Å². The van der Waals surface area contributed by atoms with Gasteiger partial charge in [-0.25, -0.2) is 0 Å². The molecule has 0 aromatic carbocycles. The average molecular weight is 343 g/mol. The van der Waals surface area contributed by atoms with Crippen molar-refractivity contribution in [2.24, 2.45) is 5.92 Å². The number of hydrogen-bond donors (Lipinski definition) is 0. The molecule has 1 aliphatic heterocycles. The van der Waals surface area contributed by atoms with E-state index in [1.807, 2.05) is 18.3 Å². The lowest BCUT2D eigenvalue weighted by atomic mass is 10.0. The van der Waals surface area contributed by atoms with Gasteiger partial charge in [-0.3, -0.25) is 9.48 Å². The van der Waals surface area contributed by atoms with Gasteiger partial charge in [-0.15, -0.1) is 11.3 Å². The second-order valence-electron chi connectivity index (χ2n) is 7.35. The normalized spacial score (nSPS) is 26.6. The molecule has 2 aromatic rings. The zero-order valence-electron chi connectivity index (χ0n) is 14.7. The minimum absolute atomic E-state index is 0.210. The van der Waals surface area contributed by atoms with Crippen molar-refractivity contribution >= 4 is 17.2 Å². The topological polar surface area (TPSA) is 38.1 Å². The van der Waals surface area contributed by atoms with E-state index in [2.05, 4.69) is 46.7 Å². The summed E-state index contributed by atoms with van der Waals surface area (Å²) in [6.07, 6.45) is 3.22. The SMILES string of the molecule is Cc1cc(C)n([C@@H]2CCCN(C(=O)[C@H]3C[C@@H]3c3ccc(C)s3)C2)n1. The number of thiophene rings is 1. The Balaban J connectivity index is 1.43. The van der Waals surface area contributed by atoms with E-state index in [-0.39, 0.29) is 5.92 Å². The standard InChI is InChI=1S/C19H25N3OS/c1-12-9-13(2)22(20-12)15-5-4-8-21(11-15)19(23)17-10-16(17)18-7-6-14(3)24-18/h6-7,9,15-17H,4-5,8,10-11H2,1-3H3/t15-,16+,17+/m1/s1. The van der Waals surface area contributed by atoms with Gasteiger partial charge >= 0.3 is 0 Å². The Morgan fingerprint density at radius 3 is 2.79 bits per heavy atom. The van der Waals surface area contributed by atoms with E-state index >= 15 is 0 Å². The Labute approximate surface area is 147 Å². The van der Waals surface area contributed by atoms with Crippen molar-refractivity contribution in [1.29, 1.82) is 0 Å². The van der Waals surface area contributed by atoms with Gasteiger partial charge in [0.05, 0.1) is 11.7 Å². The molecular weight excluding hydrogens is 318 g/mol. The number of likely N-dealkylation sites (tertiary alicyclic amines) is 1. The second-order valence-corrected chi connectivity index (χ2v) is 8.67. The Morgan fingerprint density at radius 1 is 1.29 bits per heavy atom. The number of hydrogen-bond acceptors (Lipinski definition) is 3. The number of nitrogens with zero attached hydrogens (tertiary/aromatic N) is 3. The van der Waals surface area contributed by atoms with E-state index in [1.165, 1.54) is 15.4 Å². The molecule has 0 radical (unpaired) electrons. The lowest BCUT2D eigenvalue weighted by Crippen LogP contribution is -2.42. The van der Waals surface area contributed by atoms with Crippen molar-refractivity contribution in [3.05, 3.63) is 39.3 Å². The van der Waals surface area contributed by atoms with Crippen LogP contribution in [0.3, 0.4) is 0 Å². The average Bonchev–Trinajstić information content (AvgIpc) is 3.13. The molecule has 5 heteroatoms. The lowest BCUT2D eigenvalue weighted by molar-refractivity contribution is -0.134. The molecule has 128 valence electrons.